The van der Waals surface area contributed by atoms with E-state index in [1.165, 1.54) is 45.1 Å². The lowest BCUT2D eigenvalue weighted by molar-refractivity contribution is 0.0378. The largest absolute Gasteiger partial charge is 0.330 e. The smallest absolute Gasteiger partial charge is 0.0141 e. The molecule has 124 valence electrons. The molecule has 0 aromatic heterocycles. The van der Waals surface area contributed by atoms with Crippen LogP contribution in [0.4, 0.5) is 0 Å². The van der Waals surface area contributed by atoms with Gasteiger partial charge in [0.05, 0.1) is 0 Å². The van der Waals surface area contributed by atoms with Gasteiger partial charge in [0.15, 0.2) is 0 Å². The highest BCUT2D eigenvalue weighted by molar-refractivity contribution is 4.96. The molecule has 2 saturated carbocycles. The number of nitrogens with two attached hydrogens (primary N) is 1. The standard InChI is InChI=1S/C19H38N2/c1-14(2)10-11-21(17-8-9-17)18-12-16(19(3,4)5)7-6-15(18)13-20/h14-18H,6-13,20H2,1-5H3. The summed E-state index contributed by atoms with van der Waals surface area (Å²) in [5, 5.41) is 0. The van der Waals surface area contributed by atoms with E-state index < -0.39 is 0 Å². The van der Waals surface area contributed by atoms with E-state index in [1.54, 1.807) is 0 Å². The van der Waals surface area contributed by atoms with Crippen LogP contribution in [0.2, 0.25) is 0 Å². The van der Waals surface area contributed by atoms with Crippen LogP contribution in [0.1, 0.15) is 73.1 Å². The van der Waals surface area contributed by atoms with Crippen molar-refractivity contribution in [1.29, 1.82) is 0 Å². The van der Waals surface area contributed by atoms with Gasteiger partial charge in [-0.25, -0.2) is 0 Å². The van der Waals surface area contributed by atoms with Gasteiger partial charge in [0, 0.05) is 12.1 Å². The second-order valence-corrected chi connectivity index (χ2v) is 9.09. The molecule has 2 N–H and O–H groups in total. The quantitative estimate of drug-likeness (QED) is 0.792. The SMILES string of the molecule is CC(C)CCN(C1CC1)C1CC(C(C)(C)C)CCC1CN. The third kappa shape index (κ3) is 4.69. The summed E-state index contributed by atoms with van der Waals surface area (Å²) in [7, 11) is 0. The molecule has 2 aliphatic rings. The second kappa shape index (κ2) is 7.00. The minimum Gasteiger partial charge on any atom is -0.330 e. The maximum Gasteiger partial charge on any atom is 0.0141 e. The van der Waals surface area contributed by atoms with Gasteiger partial charge in [0.1, 0.15) is 0 Å². The average molecular weight is 295 g/mol. The first kappa shape index (κ1) is 17.3. The molecule has 0 amide bonds. The van der Waals surface area contributed by atoms with E-state index in [0.29, 0.717) is 5.41 Å². The molecule has 0 aromatic rings. The van der Waals surface area contributed by atoms with Crippen molar-refractivity contribution in [2.24, 2.45) is 28.9 Å². The van der Waals surface area contributed by atoms with Crippen molar-refractivity contribution >= 4 is 0 Å². The van der Waals surface area contributed by atoms with Crippen LogP contribution in [-0.4, -0.2) is 30.1 Å². The molecule has 0 heterocycles. The third-order valence-electron chi connectivity index (χ3n) is 5.89. The molecule has 0 spiro atoms. The van der Waals surface area contributed by atoms with Gasteiger partial charge in [-0.15, -0.1) is 0 Å². The molecule has 0 bridgehead atoms. The van der Waals surface area contributed by atoms with E-state index >= 15 is 0 Å². The minimum atomic E-state index is 0.449. The van der Waals surface area contributed by atoms with E-state index in [1.807, 2.05) is 0 Å². The summed E-state index contributed by atoms with van der Waals surface area (Å²) in [5.41, 5.74) is 6.59. The fourth-order valence-electron chi connectivity index (χ4n) is 4.11. The normalized spacial score (nSPS) is 31.1. The number of hydrogen-bond donors (Lipinski definition) is 1. The first-order chi connectivity index (χ1) is 9.82. The summed E-state index contributed by atoms with van der Waals surface area (Å²) in [5.74, 6) is 2.41. The van der Waals surface area contributed by atoms with Crippen molar-refractivity contribution < 1.29 is 0 Å². The molecule has 2 heteroatoms. The van der Waals surface area contributed by atoms with Gasteiger partial charge in [-0.1, -0.05) is 34.6 Å². The monoisotopic (exact) mass is 294 g/mol. The molecule has 21 heavy (non-hydrogen) atoms. The fraction of sp³-hybridized carbons (Fsp3) is 1.00. The molecule has 2 rings (SSSR count). The highest BCUT2D eigenvalue weighted by Gasteiger charge is 2.42. The zero-order valence-corrected chi connectivity index (χ0v) is 15.1. The third-order valence-corrected chi connectivity index (χ3v) is 5.89. The minimum absolute atomic E-state index is 0.449. The van der Waals surface area contributed by atoms with Crippen molar-refractivity contribution in [2.75, 3.05) is 13.1 Å². The molecular weight excluding hydrogens is 256 g/mol. The lowest BCUT2D eigenvalue weighted by atomic mass is 9.67. The summed E-state index contributed by atoms with van der Waals surface area (Å²) < 4.78 is 0. The number of hydrogen-bond acceptors (Lipinski definition) is 2. The van der Waals surface area contributed by atoms with Crippen LogP contribution < -0.4 is 5.73 Å². The summed E-state index contributed by atoms with van der Waals surface area (Å²) in [6.45, 7) is 14.1. The Morgan fingerprint density at radius 3 is 2.24 bits per heavy atom. The number of nitrogens with zero attached hydrogens (tertiary/aromatic N) is 1. The van der Waals surface area contributed by atoms with Gasteiger partial charge in [-0.2, -0.15) is 0 Å². The highest BCUT2D eigenvalue weighted by atomic mass is 15.2. The zero-order chi connectivity index (χ0) is 15.6. The molecule has 2 nitrogen and oxygen atoms in total. The molecule has 0 aliphatic heterocycles. The average Bonchev–Trinajstić information content (AvgIpc) is 3.22. The van der Waals surface area contributed by atoms with Crippen LogP contribution >= 0.6 is 0 Å². The maximum atomic E-state index is 6.14. The Balaban J connectivity index is 2.06. The fourth-order valence-corrected chi connectivity index (χ4v) is 4.11. The Bertz CT molecular complexity index is 314. The van der Waals surface area contributed by atoms with Crippen LogP contribution in [0.15, 0.2) is 0 Å². The Morgan fingerprint density at radius 2 is 1.76 bits per heavy atom. The summed E-state index contributed by atoms with van der Waals surface area (Å²) in [6, 6.07) is 1.63. The van der Waals surface area contributed by atoms with Gasteiger partial charge >= 0.3 is 0 Å². The van der Waals surface area contributed by atoms with Crippen molar-refractivity contribution in [1.82, 2.24) is 4.90 Å². The molecule has 0 saturated heterocycles. The van der Waals surface area contributed by atoms with Crippen LogP contribution in [0.3, 0.4) is 0 Å². The topological polar surface area (TPSA) is 29.3 Å². The highest BCUT2D eigenvalue weighted by Crippen LogP contribution is 2.43. The summed E-state index contributed by atoms with van der Waals surface area (Å²) >= 11 is 0. The van der Waals surface area contributed by atoms with Crippen LogP contribution in [0.25, 0.3) is 0 Å². The zero-order valence-electron chi connectivity index (χ0n) is 15.1. The maximum absolute atomic E-state index is 6.14. The Morgan fingerprint density at radius 1 is 1.10 bits per heavy atom. The molecule has 2 fully saturated rings. The van der Waals surface area contributed by atoms with E-state index in [2.05, 4.69) is 39.5 Å². The van der Waals surface area contributed by atoms with E-state index in [-0.39, 0.29) is 0 Å². The van der Waals surface area contributed by atoms with Crippen LogP contribution in [0.5, 0.6) is 0 Å². The van der Waals surface area contributed by atoms with E-state index in [4.69, 9.17) is 5.73 Å². The van der Waals surface area contributed by atoms with Crippen molar-refractivity contribution in [3.8, 4) is 0 Å². The molecule has 3 unspecified atom stereocenters. The lowest BCUT2D eigenvalue weighted by Crippen LogP contribution is -2.50. The van der Waals surface area contributed by atoms with Gasteiger partial charge in [-0.05, 0) is 74.8 Å². The second-order valence-electron chi connectivity index (χ2n) is 9.09. The first-order valence-electron chi connectivity index (χ1n) is 9.28. The Labute approximate surface area is 132 Å². The Hall–Kier alpha value is -0.0800. The van der Waals surface area contributed by atoms with Crippen LogP contribution in [-0.2, 0) is 0 Å². The molecule has 0 aromatic carbocycles. The van der Waals surface area contributed by atoms with Crippen LogP contribution in [0, 0.1) is 23.2 Å². The van der Waals surface area contributed by atoms with Crippen molar-refractivity contribution in [3.63, 3.8) is 0 Å². The van der Waals surface area contributed by atoms with Crippen molar-refractivity contribution in [2.45, 2.75) is 85.2 Å². The summed E-state index contributed by atoms with van der Waals surface area (Å²) in [4.78, 5) is 2.87. The van der Waals surface area contributed by atoms with Gasteiger partial charge in [-0.3, -0.25) is 4.90 Å². The Kier molecular flexibility index (Phi) is 5.76. The molecule has 0 radical (unpaired) electrons. The van der Waals surface area contributed by atoms with Gasteiger partial charge in [0.25, 0.3) is 0 Å². The molecule has 2 aliphatic carbocycles. The van der Waals surface area contributed by atoms with Gasteiger partial charge in [0.2, 0.25) is 0 Å². The molecule has 3 atom stereocenters. The number of rotatable bonds is 6. The lowest BCUT2D eigenvalue weighted by Gasteiger charge is -2.46. The first-order valence-corrected chi connectivity index (χ1v) is 9.28. The van der Waals surface area contributed by atoms with E-state index in [0.717, 1.165) is 36.4 Å². The predicted octanol–water partition coefficient (Wildman–Crippen LogP) is 4.29. The van der Waals surface area contributed by atoms with Gasteiger partial charge < -0.3 is 5.73 Å². The van der Waals surface area contributed by atoms with Crippen molar-refractivity contribution in [3.05, 3.63) is 0 Å². The summed E-state index contributed by atoms with van der Waals surface area (Å²) in [6.07, 6.45) is 8.28. The van der Waals surface area contributed by atoms with E-state index in [9.17, 15) is 0 Å². The predicted molar refractivity (Wildman–Crippen MR) is 92.3 cm³/mol. The molecular formula is C19H38N2.